The number of methoxy groups -OCH3 is 1. The van der Waals surface area contributed by atoms with E-state index in [1.54, 1.807) is 7.11 Å². The van der Waals surface area contributed by atoms with Crippen LogP contribution in [-0.2, 0) is 6.42 Å². The first-order valence-electron chi connectivity index (χ1n) is 6.02. The maximum Gasteiger partial charge on any atom is 0.124 e. The summed E-state index contributed by atoms with van der Waals surface area (Å²) in [5.41, 5.74) is 3.47. The highest BCUT2D eigenvalue weighted by Gasteiger charge is 2.11. The normalized spacial score (nSPS) is 10.9. The standard InChI is InChI=1S/C16H15NO/c1-3-6-13-15(18-2)10-9-12-11-7-4-5-8-14(11)17-16(12)13/h3-5,7-10,17H,1,6H2,2H3. The Morgan fingerprint density at radius 3 is 2.78 bits per heavy atom. The van der Waals surface area contributed by atoms with Crippen molar-refractivity contribution in [2.45, 2.75) is 6.42 Å². The van der Waals surface area contributed by atoms with Gasteiger partial charge in [0.2, 0.25) is 0 Å². The maximum atomic E-state index is 5.43. The summed E-state index contributed by atoms with van der Waals surface area (Å²) in [5.74, 6) is 0.911. The lowest BCUT2D eigenvalue weighted by molar-refractivity contribution is 0.411. The summed E-state index contributed by atoms with van der Waals surface area (Å²) in [6.45, 7) is 3.82. The molecule has 2 heteroatoms. The first kappa shape index (κ1) is 10.9. The van der Waals surface area contributed by atoms with Crippen molar-refractivity contribution < 1.29 is 4.74 Å². The van der Waals surface area contributed by atoms with Gasteiger partial charge in [-0.15, -0.1) is 6.58 Å². The summed E-state index contributed by atoms with van der Waals surface area (Å²) >= 11 is 0. The summed E-state index contributed by atoms with van der Waals surface area (Å²) < 4.78 is 5.43. The molecule has 3 rings (SSSR count). The van der Waals surface area contributed by atoms with E-state index < -0.39 is 0 Å². The molecule has 0 atom stereocenters. The highest BCUT2D eigenvalue weighted by atomic mass is 16.5. The van der Waals surface area contributed by atoms with Crippen molar-refractivity contribution >= 4 is 21.8 Å². The molecule has 0 aliphatic carbocycles. The van der Waals surface area contributed by atoms with E-state index in [2.05, 4.69) is 35.8 Å². The maximum absolute atomic E-state index is 5.43. The van der Waals surface area contributed by atoms with Crippen LogP contribution in [0.2, 0.25) is 0 Å². The van der Waals surface area contributed by atoms with Gasteiger partial charge in [0.05, 0.1) is 12.6 Å². The number of benzene rings is 2. The van der Waals surface area contributed by atoms with Crippen LogP contribution in [0.15, 0.2) is 49.1 Å². The van der Waals surface area contributed by atoms with E-state index in [4.69, 9.17) is 4.74 Å². The highest BCUT2D eigenvalue weighted by Crippen LogP contribution is 2.33. The zero-order valence-electron chi connectivity index (χ0n) is 10.4. The van der Waals surface area contributed by atoms with Gasteiger partial charge in [0.15, 0.2) is 0 Å². The van der Waals surface area contributed by atoms with Crippen molar-refractivity contribution in [2.75, 3.05) is 7.11 Å². The number of aromatic nitrogens is 1. The zero-order valence-corrected chi connectivity index (χ0v) is 10.4. The number of hydrogen-bond acceptors (Lipinski definition) is 1. The third-order valence-corrected chi connectivity index (χ3v) is 3.32. The fraction of sp³-hybridized carbons (Fsp3) is 0.125. The molecule has 0 amide bonds. The molecular formula is C16H15NO. The Bertz CT molecular complexity index is 724. The van der Waals surface area contributed by atoms with Crippen LogP contribution in [0.5, 0.6) is 5.75 Å². The average Bonchev–Trinajstić information content (AvgIpc) is 2.78. The van der Waals surface area contributed by atoms with Gasteiger partial charge < -0.3 is 9.72 Å². The van der Waals surface area contributed by atoms with E-state index >= 15 is 0 Å². The number of nitrogens with one attached hydrogen (secondary N) is 1. The molecule has 0 saturated carbocycles. The molecule has 3 aromatic rings. The Labute approximate surface area is 106 Å². The summed E-state index contributed by atoms with van der Waals surface area (Å²) in [6.07, 6.45) is 2.70. The van der Waals surface area contributed by atoms with Gasteiger partial charge in [-0.2, -0.15) is 0 Å². The molecule has 0 aliphatic heterocycles. The number of H-pyrrole nitrogens is 1. The van der Waals surface area contributed by atoms with Crippen LogP contribution in [0.4, 0.5) is 0 Å². The van der Waals surface area contributed by atoms with Crippen LogP contribution in [0.3, 0.4) is 0 Å². The molecule has 0 aliphatic rings. The van der Waals surface area contributed by atoms with Gasteiger partial charge >= 0.3 is 0 Å². The Balaban J connectivity index is 2.42. The fourth-order valence-corrected chi connectivity index (χ4v) is 2.50. The van der Waals surface area contributed by atoms with Gasteiger partial charge in [0, 0.05) is 21.9 Å². The second-order valence-corrected chi connectivity index (χ2v) is 4.33. The number of ether oxygens (including phenoxy) is 1. The van der Waals surface area contributed by atoms with E-state index in [1.807, 2.05) is 18.2 Å². The predicted molar refractivity (Wildman–Crippen MR) is 76.3 cm³/mol. The predicted octanol–water partition coefficient (Wildman–Crippen LogP) is 4.06. The Hall–Kier alpha value is -2.22. The van der Waals surface area contributed by atoms with Crippen LogP contribution < -0.4 is 4.74 Å². The average molecular weight is 237 g/mol. The molecule has 1 N–H and O–H groups in total. The monoisotopic (exact) mass is 237 g/mol. The quantitative estimate of drug-likeness (QED) is 0.683. The lowest BCUT2D eigenvalue weighted by atomic mass is 10.1. The lowest BCUT2D eigenvalue weighted by Gasteiger charge is -2.07. The van der Waals surface area contributed by atoms with Crippen LogP contribution in [0.25, 0.3) is 21.8 Å². The first-order valence-corrected chi connectivity index (χ1v) is 6.02. The fourth-order valence-electron chi connectivity index (χ4n) is 2.50. The molecule has 1 aromatic heterocycles. The lowest BCUT2D eigenvalue weighted by Crippen LogP contribution is -1.91. The van der Waals surface area contributed by atoms with Gasteiger partial charge in [-0.1, -0.05) is 24.3 Å². The SMILES string of the molecule is C=CCc1c(OC)ccc2c1[nH]c1ccccc12. The van der Waals surface area contributed by atoms with Gasteiger partial charge in [-0.05, 0) is 24.6 Å². The van der Waals surface area contributed by atoms with Crippen LogP contribution in [0, 0.1) is 0 Å². The van der Waals surface area contributed by atoms with Gasteiger partial charge in [0.1, 0.15) is 5.75 Å². The van der Waals surface area contributed by atoms with Gasteiger partial charge in [0.25, 0.3) is 0 Å². The van der Waals surface area contributed by atoms with E-state index in [9.17, 15) is 0 Å². The third-order valence-electron chi connectivity index (χ3n) is 3.32. The van der Waals surface area contributed by atoms with E-state index in [0.29, 0.717) is 0 Å². The molecule has 2 nitrogen and oxygen atoms in total. The summed E-state index contributed by atoms with van der Waals surface area (Å²) in [6, 6.07) is 12.5. The summed E-state index contributed by atoms with van der Waals surface area (Å²) in [7, 11) is 1.70. The molecule has 0 fully saturated rings. The number of fused-ring (bicyclic) bond motifs is 3. The van der Waals surface area contributed by atoms with Crippen molar-refractivity contribution in [1.29, 1.82) is 0 Å². The molecule has 2 aromatic carbocycles. The van der Waals surface area contributed by atoms with E-state index in [0.717, 1.165) is 23.2 Å². The Morgan fingerprint density at radius 1 is 1.17 bits per heavy atom. The van der Waals surface area contributed by atoms with Crippen LogP contribution >= 0.6 is 0 Å². The number of aromatic amines is 1. The molecule has 0 saturated heterocycles. The van der Waals surface area contributed by atoms with Crippen molar-refractivity contribution in [2.24, 2.45) is 0 Å². The Kier molecular flexibility index (Phi) is 2.56. The first-order chi connectivity index (χ1) is 8.85. The van der Waals surface area contributed by atoms with Crippen molar-refractivity contribution in [1.82, 2.24) is 4.98 Å². The molecule has 0 unspecified atom stereocenters. The molecule has 90 valence electrons. The van der Waals surface area contributed by atoms with Crippen molar-refractivity contribution in [3.8, 4) is 5.75 Å². The number of hydrogen-bond donors (Lipinski definition) is 1. The summed E-state index contributed by atoms with van der Waals surface area (Å²) in [4.78, 5) is 3.48. The van der Waals surface area contributed by atoms with Crippen LogP contribution in [-0.4, -0.2) is 12.1 Å². The Morgan fingerprint density at radius 2 is 2.00 bits per heavy atom. The van der Waals surface area contributed by atoms with Crippen molar-refractivity contribution in [3.63, 3.8) is 0 Å². The topological polar surface area (TPSA) is 25.0 Å². The van der Waals surface area contributed by atoms with Gasteiger partial charge in [-0.25, -0.2) is 0 Å². The molecule has 0 bridgehead atoms. The minimum atomic E-state index is 0.799. The molecule has 1 heterocycles. The minimum Gasteiger partial charge on any atom is -0.496 e. The molecule has 0 radical (unpaired) electrons. The molecular weight excluding hydrogens is 222 g/mol. The second kappa shape index (κ2) is 4.22. The minimum absolute atomic E-state index is 0.799. The number of allylic oxidation sites excluding steroid dienone is 1. The largest absolute Gasteiger partial charge is 0.496 e. The molecule has 18 heavy (non-hydrogen) atoms. The van der Waals surface area contributed by atoms with E-state index in [1.165, 1.54) is 16.3 Å². The highest BCUT2D eigenvalue weighted by molar-refractivity contribution is 6.08. The van der Waals surface area contributed by atoms with Crippen LogP contribution in [0.1, 0.15) is 5.56 Å². The molecule has 0 spiro atoms. The number of para-hydroxylation sites is 1. The van der Waals surface area contributed by atoms with Gasteiger partial charge in [-0.3, -0.25) is 0 Å². The summed E-state index contributed by atoms with van der Waals surface area (Å²) in [5, 5.41) is 2.49. The van der Waals surface area contributed by atoms with E-state index in [-0.39, 0.29) is 0 Å². The second-order valence-electron chi connectivity index (χ2n) is 4.33. The third kappa shape index (κ3) is 1.50. The zero-order chi connectivity index (χ0) is 12.5. The van der Waals surface area contributed by atoms with Crippen molar-refractivity contribution in [3.05, 3.63) is 54.6 Å². The number of rotatable bonds is 3. The smallest absolute Gasteiger partial charge is 0.124 e.